The molecule has 0 bridgehead atoms. The quantitative estimate of drug-likeness (QED) is 0.745. The molecule has 3 aromatic heterocycles. The number of aromatic nitrogens is 4. The van der Waals surface area contributed by atoms with Crippen LogP contribution in [0.1, 0.15) is 56.1 Å². The number of carboxylic acids is 1. The van der Waals surface area contributed by atoms with Crippen LogP contribution in [0.25, 0.3) is 0 Å². The summed E-state index contributed by atoms with van der Waals surface area (Å²) >= 11 is 3.06. The van der Waals surface area contributed by atoms with E-state index in [0.717, 1.165) is 36.1 Å². The summed E-state index contributed by atoms with van der Waals surface area (Å²) in [5, 5.41) is 26.6. The van der Waals surface area contributed by atoms with Crippen molar-refractivity contribution in [1.29, 1.82) is 0 Å². The van der Waals surface area contributed by atoms with E-state index in [1.54, 1.807) is 11.3 Å². The van der Waals surface area contributed by atoms with Crippen molar-refractivity contribution < 1.29 is 9.90 Å². The van der Waals surface area contributed by atoms with Crippen molar-refractivity contribution in [1.82, 2.24) is 20.6 Å². The molecule has 0 spiro atoms. The lowest BCUT2D eigenvalue weighted by molar-refractivity contribution is 0.0702. The molecule has 24 heavy (non-hydrogen) atoms. The van der Waals surface area contributed by atoms with E-state index in [0.29, 0.717) is 10.7 Å². The number of carboxylic acid groups (broad SMARTS) is 1. The summed E-state index contributed by atoms with van der Waals surface area (Å²) < 4.78 is 0. The van der Waals surface area contributed by atoms with Crippen LogP contribution in [-0.2, 0) is 18.3 Å². The molecular weight excluding hydrogens is 344 g/mol. The second-order valence-electron chi connectivity index (χ2n) is 5.94. The van der Waals surface area contributed by atoms with Crippen LogP contribution in [0, 0.1) is 0 Å². The summed E-state index contributed by atoms with van der Waals surface area (Å²) in [6.07, 6.45) is 3.51. The van der Waals surface area contributed by atoms with E-state index in [9.17, 15) is 9.90 Å². The van der Waals surface area contributed by atoms with Gasteiger partial charge in [-0.1, -0.05) is 18.6 Å². The Morgan fingerprint density at radius 2 is 2.21 bits per heavy atom. The van der Waals surface area contributed by atoms with E-state index >= 15 is 0 Å². The Bertz CT molecular complexity index is 884. The van der Waals surface area contributed by atoms with Gasteiger partial charge in [-0.2, -0.15) is 5.21 Å². The molecule has 0 aromatic carbocycles. The number of aromatic amines is 1. The van der Waals surface area contributed by atoms with E-state index in [1.807, 2.05) is 6.07 Å². The average molecular weight is 360 g/mol. The van der Waals surface area contributed by atoms with Crippen LogP contribution < -0.4 is 0 Å². The molecule has 4 rings (SSSR count). The molecule has 0 aliphatic heterocycles. The Kier molecular flexibility index (Phi) is 3.73. The standard InChI is InChI=1S/C16H16N4O2S2/c1-2-6-16(15-17-19-20-18-15)12-9(5-7-23-12)3-4-10-8-11(14(21)22)24-13(10)16/h5,7-8H,2-4,6H2,1H3,(H,21,22)(H,17,18,19,20). The zero-order chi connectivity index (χ0) is 16.7. The molecule has 2 N–H and O–H groups in total. The Morgan fingerprint density at radius 3 is 2.92 bits per heavy atom. The molecule has 1 aliphatic carbocycles. The fourth-order valence-corrected chi connectivity index (χ4v) is 6.14. The number of aromatic carboxylic acids is 1. The van der Waals surface area contributed by atoms with Crippen molar-refractivity contribution in [2.24, 2.45) is 0 Å². The number of nitrogens with zero attached hydrogens (tertiary/aromatic N) is 3. The van der Waals surface area contributed by atoms with Gasteiger partial charge >= 0.3 is 5.97 Å². The maximum atomic E-state index is 11.5. The Balaban J connectivity index is 2.05. The second kappa shape index (κ2) is 5.78. The summed E-state index contributed by atoms with van der Waals surface area (Å²) in [7, 11) is 0. The lowest BCUT2D eigenvalue weighted by atomic mass is 9.78. The van der Waals surface area contributed by atoms with Crippen LogP contribution in [0.4, 0.5) is 0 Å². The highest BCUT2D eigenvalue weighted by Gasteiger charge is 2.46. The Morgan fingerprint density at radius 1 is 1.38 bits per heavy atom. The molecule has 1 atom stereocenters. The number of H-pyrrole nitrogens is 1. The minimum atomic E-state index is -0.877. The second-order valence-corrected chi connectivity index (χ2v) is 7.90. The number of carbonyl (C=O) groups is 1. The molecule has 0 saturated heterocycles. The molecule has 0 radical (unpaired) electrons. The average Bonchev–Trinajstić information content (AvgIpc) is 3.30. The van der Waals surface area contributed by atoms with Gasteiger partial charge in [-0.25, -0.2) is 4.79 Å². The minimum Gasteiger partial charge on any atom is -0.477 e. The van der Waals surface area contributed by atoms with Gasteiger partial charge in [0.1, 0.15) is 10.3 Å². The van der Waals surface area contributed by atoms with Crippen molar-refractivity contribution in [3.05, 3.63) is 49.1 Å². The Hall–Kier alpha value is -2.06. The van der Waals surface area contributed by atoms with Gasteiger partial charge in [-0.3, -0.25) is 0 Å². The number of hydrogen-bond acceptors (Lipinski definition) is 6. The molecule has 1 aliphatic rings. The first-order valence-corrected chi connectivity index (χ1v) is 9.53. The third-order valence-electron chi connectivity index (χ3n) is 4.56. The third-order valence-corrected chi connectivity index (χ3v) is 7.00. The highest BCUT2D eigenvalue weighted by molar-refractivity contribution is 7.15. The molecule has 0 amide bonds. The van der Waals surface area contributed by atoms with Gasteiger partial charge in [0.15, 0.2) is 5.82 Å². The van der Waals surface area contributed by atoms with Crippen molar-refractivity contribution in [2.45, 2.75) is 38.0 Å². The number of aryl methyl sites for hydroxylation is 2. The zero-order valence-electron chi connectivity index (χ0n) is 13.1. The van der Waals surface area contributed by atoms with Crippen LogP contribution in [0.5, 0.6) is 0 Å². The number of tetrazole rings is 1. The van der Waals surface area contributed by atoms with Crippen LogP contribution >= 0.6 is 22.7 Å². The summed E-state index contributed by atoms with van der Waals surface area (Å²) in [5.74, 6) is -0.243. The highest BCUT2D eigenvalue weighted by atomic mass is 32.1. The number of nitrogens with one attached hydrogen (secondary N) is 1. The van der Waals surface area contributed by atoms with E-state index in [-0.39, 0.29) is 0 Å². The van der Waals surface area contributed by atoms with Gasteiger partial charge in [-0.05, 0) is 47.9 Å². The highest BCUT2D eigenvalue weighted by Crippen LogP contribution is 2.51. The fourth-order valence-electron chi connectivity index (χ4n) is 3.62. The lowest BCUT2D eigenvalue weighted by Crippen LogP contribution is -2.30. The number of hydrogen-bond donors (Lipinski definition) is 2. The van der Waals surface area contributed by atoms with Crippen molar-refractivity contribution in [2.75, 3.05) is 0 Å². The first-order valence-electron chi connectivity index (χ1n) is 7.84. The summed E-state index contributed by atoms with van der Waals surface area (Å²) in [6, 6.07) is 3.99. The number of fused-ring (bicyclic) bond motifs is 2. The topological polar surface area (TPSA) is 91.8 Å². The van der Waals surface area contributed by atoms with Crippen molar-refractivity contribution >= 4 is 28.6 Å². The van der Waals surface area contributed by atoms with Crippen LogP contribution in [-0.4, -0.2) is 31.7 Å². The van der Waals surface area contributed by atoms with E-state index < -0.39 is 11.4 Å². The first-order chi connectivity index (χ1) is 11.7. The van der Waals surface area contributed by atoms with Crippen molar-refractivity contribution in [3.63, 3.8) is 0 Å². The van der Waals surface area contributed by atoms with Gasteiger partial charge in [0.05, 0.1) is 0 Å². The molecule has 0 fully saturated rings. The molecule has 8 heteroatoms. The third kappa shape index (κ3) is 2.13. The maximum absolute atomic E-state index is 11.5. The van der Waals surface area contributed by atoms with E-state index in [2.05, 4.69) is 39.0 Å². The SMILES string of the molecule is CCCC1(c2nn[nH]n2)c2sccc2CCc2cc(C(=O)O)sc21. The lowest BCUT2D eigenvalue weighted by Gasteiger charge is -2.29. The molecule has 6 nitrogen and oxygen atoms in total. The van der Waals surface area contributed by atoms with Crippen LogP contribution in [0.2, 0.25) is 0 Å². The van der Waals surface area contributed by atoms with Gasteiger partial charge in [0, 0.05) is 9.75 Å². The van der Waals surface area contributed by atoms with Gasteiger partial charge in [0.25, 0.3) is 0 Å². The molecular formula is C16H16N4O2S2. The van der Waals surface area contributed by atoms with E-state index in [4.69, 9.17) is 0 Å². The zero-order valence-corrected chi connectivity index (χ0v) is 14.7. The Labute approximate surface area is 146 Å². The number of thiophene rings is 2. The van der Waals surface area contributed by atoms with Crippen LogP contribution in [0.15, 0.2) is 17.5 Å². The largest absolute Gasteiger partial charge is 0.477 e. The number of rotatable bonds is 4. The monoisotopic (exact) mass is 360 g/mol. The normalized spacial score (nSPS) is 19.5. The predicted molar refractivity (Wildman–Crippen MR) is 92.0 cm³/mol. The molecule has 124 valence electrons. The summed E-state index contributed by atoms with van der Waals surface area (Å²) in [6.45, 7) is 2.13. The summed E-state index contributed by atoms with van der Waals surface area (Å²) in [4.78, 5) is 14.2. The minimum absolute atomic E-state index is 0.379. The van der Waals surface area contributed by atoms with Gasteiger partial charge in [0.2, 0.25) is 0 Å². The van der Waals surface area contributed by atoms with Crippen molar-refractivity contribution in [3.8, 4) is 0 Å². The molecule has 0 saturated carbocycles. The molecule has 3 aromatic rings. The fraction of sp³-hybridized carbons (Fsp3) is 0.375. The molecule has 3 heterocycles. The first kappa shape index (κ1) is 15.5. The summed E-state index contributed by atoms with van der Waals surface area (Å²) in [5.41, 5.74) is 1.90. The van der Waals surface area contributed by atoms with E-state index in [1.165, 1.54) is 21.8 Å². The van der Waals surface area contributed by atoms with Gasteiger partial charge in [-0.15, -0.1) is 32.9 Å². The molecule has 1 unspecified atom stereocenters. The maximum Gasteiger partial charge on any atom is 0.345 e. The predicted octanol–water partition coefficient (Wildman–Crippen LogP) is 3.25. The van der Waals surface area contributed by atoms with Crippen LogP contribution in [0.3, 0.4) is 0 Å². The van der Waals surface area contributed by atoms with Gasteiger partial charge < -0.3 is 5.11 Å². The smallest absolute Gasteiger partial charge is 0.345 e.